The average Bonchev–Trinajstić information content (AvgIpc) is 2.37. The zero-order chi connectivity index (χ0) is 6.69. The molecule has 0 spiro atoms. The lowest BCUT2D eigenvalue weighted by molar-refractivity contribution is 0.545. The van der Waals surface area contributed by atoms with Crippen molar-refractivity contribution in [3.63, 3.8) is 0 Å². The molecule has 0 amide bonds. The SMILES string of the molecule is N[C@H]([C]=O)c1cccs1. The summed E-state index contributed by atoms with van der Waals surface area (Å²) >= 11 is 1.47. The Morgan fingerprint density at radius 1 is 1.78 bits per heavy atom. The Labute approximate surface area is 57.3 Å². The molecular formula is C6H6NOS. The first-order valence-corrected chi connectivity index (χ1v) is 3.39. The molecule has 0 aliphatic heterocycles. The molecule has 0 fully saturated rings. The topological polar surface area (TPSA) is 43.1 Å². The Morgan fingerprint density at radius 3 is 3.00 bits per heavy atom. The molecule has 1 heterocycles. The van der Waals surface area contributed by atoms with E-state index in [4.69, 9.17) is 5.73 Å². The predicted molar refractivity (Wildman–Crippen MR) is 36.9 cm³/mol. The van der Waals surface area contributed by atoms with Gasteiger partial charge < -0.3 is 5.73 Å². The molecule has 0 bridgehead atoms. The maximum absolute atomic E-state index is 9.96. The fourth-order valence-corrected chi connectivity index (χ4v) is 1.19. The van der Waals surface area contributed by atoms with Gasteiger partial charge in [-0.2, -0.15) is 0 Å². The van der Waals surface area contributed by atoms with Crippen LogP contribution in [0.15, 0.2) is 17.5 Å². The Morgan fingerprint density at radius 2 is 2.56 bits per heavy atom. The lowest BCUT2D eigenvalue weighted by Crippen LogP contribution is -2.08. The second kappa shape index (κ2) is 2.75. The molecule has 9 heavy (non-hydrogen) atoms. The van der Waals surface area contributed by atoms with Crippen LogP contribution in [0.2, 0.25) is 0 Å². The first kappa shape index (κ1) is 6.45. The van der Waals surface area contributed by atoms with Gasteiger partial charge in [0.2, 0.25) is 6.29 Å². The summed E-state index contributed by atoms with van der Waals surface area (Å²) < 4.78 is 0. The van der Waals surface area contributed by atoms with E-state index in [0.717, 1.165) is 4.88 Å². The normalized spacial score (nSPS) is 13.0. The van der Waals surface area contributed by atoms with E-state index in [0.29, 0.717) is 0 Å². The molecule has 0 unspecified atom stereocenters. The van der Waals surface area contributed by atoms with Crippen LogP contribution >= 0.6 is 11.3 Å². The Balaban J connectivity index is 2.76. The highest BCUT2D eigenvalue weighted by Gasteiger charge is 2.03. The molecule has 2 nitrogen and oxygen atoms in total. The zero-order valence-electron chi connectivity index (χ0n) is 4.70. The molecule has 0 saturated heterocycles. The van der Waals surface area contributed by atoms with Crippen molar-refractivity contribution in [3.05, 3.63) is 22.4 Å². The van der Waals surface area contributed by atoms with Gasteiger partial charge in [0.1, 0.15) is 6.04 Å². The van der Waals surface area contributed by atoms with Crippen molar-refractivity contribution in [3.8, 4) is 0 Å². The molecule has 1 radical (unpaired) electrons. The van der Waals surface area contributed by atoms with Gasteiger partial charge >= 0.3 is 0 Å². The van der Waals surface area contributed by atoms with Gasteiger partial charge in [-0.05, 0) is 11.4 Å². The largest absolute Gasteiger partial charge is 0.317 e. The molecule has 1 rings (SSSR count). The smallest absolute Gasteiger partial charge is 0.222 e. The van der Waals surface area contributed by atoms with E-state index in [2.05, 4.69) is 0 Å². The van der Waals surface area contributed by atoms with Crippen molar-refractivity contribution >= 4 is 17.6 Å². The second-order valence-electron chi connectivity index (χ2n) is 1.61. The summed E-state index contributed by atoms with van der Waals surface area (Å²) in [5.74, 6) is 0. The van der Waals surface area contributed by atoms with Crippen LogP contribution in [0.3, 0.4) is 0 Å². The third-order valence-electron chi connectivity index (χ3n) is 0.977. The second-order valence-corrected chi connectivity index (χ2v) is 2.59. The van der Waals surface area contributed by atoms with Crippen molar-refractivity contribution in [1.82, 2.24) is 0 Å². The van der Waals surface area contributed by atoms with Gasteiger partial charge in [-0.25, -0.2) is 0 Å². The van der Waals surface area contributed by atoms with Gasteiger partial charge in [-0.1, -0.05) is 6.07 Å². The standard InChI is InChI=1S/C6H6NOS/c7-5(4-8)6-2-1-3-9-6/h1-3,5H,7H2/t5-/m1/s1. The predicted octanol–water partition coefficient (Wildman–Crippen LogP) is 0.858. The van der Waals surface area contributed by atoms with Crippen molar-refractivity contribution in [2.45, 2.75) is 6.04 Å². The lowest BCUT2D eigenvalue weighted by Gasteiger charge is -1.94. The van der Waals surface area contributed by atoms with Crippen LogP contribution in [0.25, 0.3) is 0 Å². The van der Waals surface area contributed by atoms with Crippen LogP contribution in [0, 0.1) is 0 Å². The van der Waals surface area contributed by atoms with Crippen molar-refractivity contribution in [2.24, 2.45) is 5.73 Å². The summed E-state index contributed by atoms with van der Waals surface area (Å²) in [6.07, 6.45) is 1.71. The molecule has 3 heteroatoms. The van der Waals surface area contributed by atoms with Gasteiger partial charge in [0.15, 0.2) is 0 Å². The van der Waals surface area contributed by atoms with Crippen LogP contribution in [0.4, 0.5) is 0 Å². The summed E-state index contributed by atoms with van der Waals surface area (Å²) in [6.45, 7) is 0. The summed E-state index contributed by atoms with van der Waals surface area (Å²) in [7, 11) is 0. The minimum atomic E-state index is -0.551. The number of rotatable bonds is 2. The highest BCUT2D eigenvalue weighted by molar-refractivity contribution is 7.10. The zero-order valence-corrected chi connectivity index (χ0v) is 5.52. The van der Waals surface area contributed by atoms with Gasteiger partial charge in [0.05, 0.1) is 0 Å². The molecule has 47 valence electrons. The van der Waals surface area contributed by atoms with Crippen molar-refractivity contribution < 1.29 is 4.79 Å². The van der Waals surface area contributed by atoms with Crippen LogP contribution in [-0.2, 0) is 4.79 Å². The minimum absolute atomic E-state index is 0.551. The monoisotopic (exact) mass is 140 g/mol. The summed E-state index contributed by atoms with van der Waals surface area (Å²) in [6, 6.07) is 3.13. The molecule has 1 atom stereocenters. The number of carbonyl (C=O) groups excluding carboxylic acids is 1. The van der Waals surface area contributed by atoms with E-state index in [1.807, 2.05) is 17.5 Å². The third kappa shape index (κ3) is 1.37. The van der Waals surface area contributed by atoms with Gasteiger partial charge in [-0.3, -0.25) is 4.79 Å². The van der Waals surface area contributed by atoms with Gasteiger partial charge in [0.25, 0.3) is 0 Å². The maximum Gasteiger partial charge on any atom is 0.222 e. The van der Waals surface area contributed by atoms with Gasteiger partial charge in [-0.15, -0.1) is 11.3 Å². The number of hydrogen-bond donors (Lipinski definition) is 1. The fraction of sp³-hybridized carbons (Fsp3) is 0.167. The van der Waals surface area contributed by atoms with Crippen LogP contribution in [0.5, 0.6) is 0 Å². The van der Waals surface area contributed by atoms with Gasteiger partial charge in [0, 0.05) is 4.88 Å². The quantitative estimate of drug-likeness (QED) is 0.662. The Kier molecular flexibility index (Phi) is 1.97. The van der Waals surface area contributed by atoms with E-state index in [9.17, 15) is 4.79 Å². The van der Waals surface area contributed by atoms with E-state index in [1.54, 1.807) is 6.29 Å². The number of hydrogen-bond acceptors (Lipinski definition) is 3. The Hall–Kier alpha value is -0.670. The minimum Gasteiger partial charge on any atom is -0.317 e. The lowest BCUT2D eigenvalue weighted by atomic mass is 10.3. The summed E-state index contributed by atoms with van der Waals surface area (Å²) in [4.78, 5) is 10.8. The van der Waals surface area contributed by atoms with Crippen molar-refractivity contribution in [2.75, 3.05) is 0 Å². The molecule has 1 aromatic heterocycles. The highest BCUT2D eigenvalue weighted by atomic mass is 32.1. The molecule has 1 aromatic rings. The molecular weight excluding hydrogens is 134 g/mol. The third-order valence-corrected chi connectivity index (χ3v) is 1.93. The number of nitrogens with two attached hydrogens (primary N) is 1. The molecule has 2 N–H and O–H groups in total. The maximum atomic E-state index is 9.96. The molecule has 0 aromatic carbocycles. The molecule has 0 aliphatic rings. The first-order chi connectivity index (χ1) is 4.34. The van der Waals surface area contributed by atoms with E-state index in [-0.39, 0.29) is 0 Å². The molecule has 0 aliphatic carbocycles. The highest BCUT2D eigenvalue weighted by Crippen LogP contribution is 2.13. The first-order valence-electron chi connectivity index (χ1n) is 2.51. The van der Waals surface area contributed by atoms with Crippen molar-refractivity contribution in [1.29, 1.82) is 0 Å². The average molecular weight is 140 g/mol. The Bertz CT molecular complexity index is 183. The fourth-order valence-electron chi connectivity index (χ4n) is 0.526. The van der Waals surface area contributed by atoms with E-state index in [1.165, 1.54) is 11.3 Å². The van der Waals surface area contributed by atoms with Crippen LogP contribution in [0.1, 0.15) is 10.9 Å². The number of thiophene rings is 1. The van der Waals surface area contributed by atoms with Crippen LogP contribution in [-0.4, -0.2) is 6.29 Å². The summed E-state index contributed by atoms with van der Waals surface area (Å²) in [5.41, 5.74) is 5.33. The van der Waals surface area contributed by atoms with Crippen LogP contribution < -0.4 is 5.73 Å². The summed E-state index contributed by atoms with van der Waals surface area (Å²) in [5, 5.41) is 1.88. The molecule has 0 saturated carbocycles. The van der Waals surface area contributed by atoms with E-state index >= 15 is 0 Å². The van der Waals surface area contributed by atoms with E-state index < -0.39 is 6.04 Å².